The van der Waals surface area contributed by atoms with Crippen LogP contribution in [0.2, 0.25) is 0 Å². The number of aromatic nitrogens is 1. The molecule has 1 heterocycles. The average Bonchev–Trinajstić information content (AvgIpc) is 2.90. The van der Waals surface area contributed by atoms with E-state index in [-0.39, 0.29) is 11.9 Å². The van der Waals surface area contributed by atoms with E-state index in [1.165, 1.54) is 0 Å². The van der Waals surface area contributed by atoms with E-state index in [9.17, 15) is 4.79 Å². The molecule has 0 saturated heterocycles. The highest BCUT2D eigenvalue weighted by Crippen LogP contribution is 2.22. The summed E-state index contributed by atoms with van der Waals surface area (Å²) in [6, 6.07) is 11.2. The Hall–Kier alpha value is -2.82. The zero-order chi connectivity index (χ0) is 17.3. The molecule has 2 aromatic carbocycles. The summed E-state index contributed by atoms with van der Waals surface area (Å²) in [5, 5.41) is 6.21. The molecular formula is C19H21N3O2. The second-order valence-corrected chi connectivity index (χ2v) is 6.04. The van der Waals surface area contributed by atoms with Crippen LogP contribution in [0.25, 0.3) is 11.1 Å². The molecule has 1 aromatic heterocycles. The number of oxazole rings is 1. The predicted octanol–water partition coefficient (Wildman–Crippen LogP) is 4.19. The van der Waals surface area contributed by atoms with E-state index in [0.29, 0.717) is 5.89 Å². The summed E-state index contributed by atoms with van der Waals surface area (Å²) in [4.78, 5) is 16.8. The fourth-order valence-corrected chi connectivity index (χ4v) is 2.69. The first-order chi connectivity index (χ1) is 11.4. The number of fused-ring (bicyclic) bond motifs is 1. The van der Waals surface area contributed by atoms with Gasteiger partial charge in [-0.25, -0.2) is 4.98 Å². The molecule has 3 rings (SSSR count). The lowest BCUT2D eigenvalue weighted by Gasteiger charge is -2.17. The lowest BCUT2D eigenvalue weighted by molar-refractivity contribution is -0.116. The molecule has 24 heavy (non-hydrogen) atoms. The summed E-state index contributed by atoms with van der Waals surface area (Å²) in [5.74, 6) is 0.548. The van der Waals surface area contributed by atoms with Crippen LogP contribution in [0, 0.1) is 20.8 Å². The van der Waals surface area contributed by atoms with Crippen molar-refractivity contribution in [1.82, 2.24) is 4.98 Å². The summed E-state index contributed by atoms with van der Waals surface area (Å²) in [5.41, 5.74) is 5.33. The van der Waals surface area contributed by atoms with Crippen molar-refractivity contribution in [2.75, 3.05) is 10.6 Å². The van der Waals surface area contributed by atoms with Gasteiger partial charge in [0.15, 0.2) is 11.5 Å². The highest BCUT2D eigenvalue weighted by Gasteiger charge is 2.15. The zero-order valence-corrected chi connectivity index (χ0v) is 14.3. The zero-order valence-electron chi connectivity index (χ0n) is 14.3. The third-order valence-electron chi connectivity index (χ3n) is 4.00. The Morgan fingerprint density at radius 3 is 2.54 bits per heavy atom. The molecule has 0 bridgehead atoms. The third kappa shape index (κ3) is 3.25. The van der Waals surface area contributed by atoms with Crippen molar-refractivity contribution in [3.63, 3.8) is 0 Å². The molecular weight excluding hydrogens is 302 g/mol. The molecule has 0 aliphatic carbocycles. The van der Waals surface area contributed by atoms with E-state index in [0.717, 1.165) is 33.6 Å². The predicted molar refractivity (Wildman–Crippen MR) is 96.4 cm³/mol. The van der Waals surface area contributed by atoms with Gasteiger partial charge in [0, 0.05) is 18.3 Å². The molecule has 5 heteroatoms. The fraction of sp³-hybridized carbons (Fsp3) is 0.263. The molecule has 5 nitrogen and oxygen atoms in total. The van der Waals surface area contributed by atoms with Crippen LogP contribution in [-0.4, -0.2) is 16.9 Å². The van der Waals surface area contributed by atoms with Crippen molar-refractivity contribution in [3.8, 4) is 0 Å². The number of rotatable bonds is 4. The van der Waals surface area contributed by atoms with E-state index < -0.39 is 0 Å². The van der Waals surface area contributed by atoms with Gasteiger partial charge in [0.2, 0.25) is 5.91 Å². The molecule has 0 aliphatic rings. The van der Waals surface area contributed by atoms with Gasteiger partial charge < -0.3 is 15.1 Å². The maximum Gasteiger partial charge on any atom is 0.246 e. The van der Waals surface area contributed by atoms with Gasteiger partial charge >= 0.3 is 0 Å². The van der Waals surface area contributed by atoms with Crippen LogP contribution in [0.1, 0.15) is 23.9 Å². The number of carbonyl (C=O) groups is 1. The third-order valence-corrected chi connectivity index (χ3v) is 4.00. The monoisotopic (exact) mass is 323 g/mol. The van der Waals surface area contributed by atoms with Crippen LogP contribution in [0.5, 0.6) is 0 Å². The largest absolute Gasteiger partial charge is 0.441 e. The minimum Gasteiger partial charge on any atom is -0.441 e. The number of anilines is 2. The highest BCUT2D eigenvalue weighted by atomic mass is 16.3. The summed E-state index contributed by atoms with van der Waals surface area (Å²) >= 11 is 0. The Kier molecular flexibility index (Phi) is 4.25. The van der Waals surface area contributed by atoms with Gasteiger partial charge in [-0.2, -0.15) is 0 Å². The molecule has 124 valence electrons. The van der Waals surface area contributed by atoms with Crippen LogP contribution in [0.4, 0.5) is 11.4 Å². The quantitative estimate of drug-likeness (QED) is 0.755. The molecule has 1 amide bonds. The lowest BCUT2D eigenvalue weighted by atomic mass is 10.1. The van der Waals surface area contributed by atoms with Crippen LogP contribution in [0.15, 0.2) is 40.8 Å². The summed E-state index contributed by atoms with van der Waals surface area (Å²) in [7, 11) is 0. The smallest absolute Gasteiger partial charge is 0.246 e. The van der Waals surface area contributed by atoms with E-state index in [1.54, 1.807) is 0 Å². The average molecular weight is 323 g/mol. The molecule has 0 radical (unpaired) electrons. The first-order valence-corrected chi connectivity index (χ1v) is 7.95. The van der Waals surface area contributed by atoms with Crippen molar-refractivity contribution < 1.29 is 9.21 Å². The number of hydrogen-bond donors (Lipinski definition) is 2. The molecule has 3 aromatic rings. The minimum absolute atomic E-state index is 0.0798. The first kappa shape index (κ1) is 16.1. The minimum atomic E-state index is -0.380. The Morgan fingerprint density at radius 2 is 1.83 bits per heavy atom. The summed E-state index contributed by atoms with van der Waals surface area (Å²) in [6.07, 6.45) is 0. The van der Waals surface area contributed by atoms with Gasteiger partial charge in [0.1, 0.15) is 11.6 Å². The van der Waals surface area contributed by atoms with Crippen molar-refractivity contribution in [3.05, 3.63) is 53.4 Å². The Morgan fingerprint density at radius 1 is 1.12 bits per heavy atom. The maximum atomic E-state index is 12.5. The number of nitrogens with zero attached hydrogens (tertiary/aromatic N) is 1. The number of amides is 1. The molecule has 0 saturated carbocycles. The molecule has 0 unspecified atom stereocenters. The van der Waals surface area contributed by atoms with Crippen molar-refractivity contribution >= 4 is 28.4 Å². The molecule has 0 spiro atoms. The van der Waals surface area contributed by atoms with Gasteiger partial charge in [-0.05, 0) is 50.1 Å². The highest BCUT2D eigenvalue weighted by molar-refractivity contribution is 5.97. The van der Waals surface area contributed by atoms with Gasteiger partial charge in [0.25, 0.3) is 0 Å². The number of para-hydroxylation sites is 1. The van der Waals surface area contributed by atoms with Crippen LogP contribution in [-0.2, 0) is 4.79 Å². The van der Waals surface area contributed by atoms with Crippen LogP contribution < -0.4 is 10.6 Å². The van der Waals surface area contributed by atoms with Gasteiger partial charge in [-0.15, -0.1) is 0 Å². The summed E-state index contributed by atoms with van der Waals surface area (Å²) in [6.45, 7) is 7.62. The Labute approximate surface area is 141 Å². The Balaban J connectivity index is 1.73. The summed E-state index contributed by atoms with van der Waals surface area (Å²) < 4.78 is 5.46. The van der Waals surface area contributed by atoms with E-state index >= 15 is 0 Å². The topological polar surface area (TPSA) is 67.2 Å². The maximum absolute atomic E-state index is 12.5. The standard InChI is InChI=1S/C19H21N3O2/c1-11-6-5-7-12(2)18(11)22-19(23)13(3)20-15-8-9-17-16(10-15)21-14(4)24-17/h5-10,13,20H,1-4H3,(H,22,23)/t13-/m0/s1. The molecule has 0 fully saturated rings. The van der Waals surface area contributed by atoms with Crippen molar-refractivity contribution in [1.29, 1.82) is 0 Å². The molecule has 0 aliphatic heterocycles. The Bertz CT molecular complexity index is 879. The number of hydrogen-bond acceptors (Lipinski definition) is 4. The van der Waals surface area contributed by atoms with Gasteiger partial charge in [-0.1, -0.05) is 18.2 Å². The van der Waals surface area contributed by atoms with Crippen molar-refractivity contribution in [2.45, 2.75) is 33.7 Å². The SMILES string of the molecule is Cc1nc2cc(N[C@@H](C)C(=O)Nc3c(C)cccc3C)ccc2o1. The number of benzene rings is 2. The second kappa shape index (κ2) is 6.35. The number of nitrogens with one attached hydrogen (secondary N) is 2. The van der Waals surface area contributed by atoms with Crippen LogP contribution >= 0.6 is 0 Å². The lowest BCUT2D eigenvalue weighted by Crippen LogP contribution is -2.32. The molecule has 2 N–H and O–H groups in total. The first-order valence-electron chi connectivity index (χ1n) is 7.95. The molecule has 1 atom stereocenters. The van der Waals surface area contributed by atoms with E-state index in [1.807, 2.05) is 64.1 Å². The van der Waals surface area contributed by atoms with E-state index in [4.69, 9.17) is 4.42 Å². The number of aryl methyl sites for hydroxylation is 3. The van der Waals surface area contributed by atoms with Gasteiger partial charge in [0.05, 0.1) is 0 Å². The fourth-order valence-electron chi connectivity index (χ4n) is 2.69. The van der Waals surface area contributed by atoms with Crippen molar-refractivity contribution in [2.24, 2.45) is 0 Å². The van der Waals surface area contributed by atoms with Crippen LogP contribution in [0.3, 0.4) is 0 Å². The van der Waals surface area contributed by atoms with E-state index in [2.05, 4.69) is 15.6 Å². The van der Waals surface area contributed by atoms with Gasteiger partial charge in [-0.3, -0.25) is 4.79 Å². The number of carbonyl (C=O) groups excluding carboxylic acids is 1. The second-order valence-electron chi connectivity index (χ2n) is 6.04. The normalized spacial score (nSPS) is 12.2.